The lowest BCUT2D eigenvalue weighted by molar-refractivity contribution is 0.0825. The summed E-state index contributed by atoms with van der Waals surface area (Å²) in [5, 5.41) is 2.30. The first-order chi connectivity index (χ1) is 11.7. The Bertz CT molecular complexity index is 1010. The molecular formula is C16H13ClN4O4. The lowest BCUT2D eigenvalue weighted by Crippen LogP contribution is -2.25. The number of hydrogen-bond acceptors (Lipinski definition) is 5. The number of carbonyl (C=O) groups is 3. The van der Waals surface area contributed by atoms with Crippen LogP contribution in [0.3, 0.4) is 0 Å². The van der Waals surface area contributed by atoms with Crippen molar-refractivity contribution in [2.24, 2.45) is 0 Å². The van der Waals surface area contributed by atoms with Crippen molar-refractivity contribution in [3.8, 4) is 5.69 Å². The number of nitrogens with zero attached hydrogens (tertiary/aromatic N) is 2. The highest BCUT2D eigenvalue weighted by Gasteiger charge is 2.32. The second kappa shape index (κ2) is 5.75. The van der Waals surface area contributed by atoms with Crippen LogP contribution in [-0.4, -0.2) is 41.3 Å². The molecule has 0 bridgehead atoms. The molecule has 2 aromatic rings. The first-order valence-corrected chi connectivity index (χ1v) is 7.53. The Balaban J connectivity index is 2.26. The molecule has 1 aliphatic rings. The fourth-order valence-corrected chi connectivity index (χ4v) is 2.80. The lowest BCUT2D eigenvalue weighted by atomic mass is 10.1. The summed E-state index contributed by atoms with van der Waals surface area (Å²) in [5.74, 6) is -1.88. The second-order valence-electron chi connectivity index (χ2n) is 5.64. The van der Waals surface area contributed by atoms with Crippen LogP contribution < -0.4 is 16.6 Å². The van der Waals surface area contributed by atoms with Gasteiger partial charge in [-0.3, -0.25) is 29.1 Å². The van der Waals surface area contributed by atoms with Crippen molar-refractivity contribution < 1.29 is 14.4 Å². The zero-order valence-corrected chi connectivity index (χ0v) is 14.0. The molecule has 3 N–H and O–H groups in total. The highest BCUT2D eigenvalue weighted by atomic mass is 35.5. The number of imide groups is 1. The summed E-state index contributed by atoms with van der Waals surface area (Å²) in [6.45, 7) is 0. The van der Waals surface area contributed by atoms with Gasteiger partial charge in [0.15, 0.2) is 0 Å². The molecule has 0 atom stereocenters. The number of anilines is 1. The number of rotatable bonds is 2. The third kappa shape index (κ3) is 2.56. The third-order valence-electron chi connectivity index (χ3n) is 3.80. The van der Waals surface area contributed by atoms with E-state index in [4.69, 9.17) is 17.3 Å². The number of benzene rings is 1. The normalized spacial score (nSPS) is 12.8. The number of nitrogen functional groups attached to an aromatic ring is 1. The molecule has 2 heterocycles. The number of halogens is 1. The molecule has 1 aromatic carbocycles. The van der Waals surface area contributed by atoms with Crippen molar-refractivity contribution in [3.05, 3.63) is 56.3 Å². The van der Waals surface area contributed by atoms with E-state index in [1.165, 1.54) is 23.1 Å². The van der Waals surface area contributed by atoms with E-state index in [1.54, 1.807) is 14.1 Å². The quantitative estimate of drug-likeness (QED) is 0.763. The van der Waals surface area contributed by atoms with Gasteiger partial charge in [-0.1, -0.05) is 11.6 Å². The van der Waals surface area contributed by atoms with Crippen LogP contribution in [0.4, 0.5) is 5.82 Å². The van der Waals surface area contributed by atoms with Crippen LogP contribution in [0.2, 0.25) is 5.02 Å². The van der Waals surface area contributed by atoms with Crippen molar-refractivity contribution in [3.63, 3.8) is 0 Å². The molecule has 0 spiro atoms. The molecule has 1 aliphatic heterocycles. The maximum absolute atomic E-state index is 12.4. The van der Waals surface area contributed by atoms with Gasteiger partial charge in [0.05, 0.1) is 27.4 Å². The number of carbonyl (C=O) groups excluding carboxylic acids is 3. The average Bonchev–Trinajstić information content (AvgIpc) is 2.82. The van der Waals surface area contributed by atoms with Gasteiger partial charge >= 0.3 is 0 Å². The summed E-state index contributed by atoms with van der Waals surface area (Å²) in [5.41, 5.74) is 5.66. The van der Waals surface area contributed by atoms with Crippen LogP contribution in [0.15, 0.2) is 29.1 Å². The first-order valence-electron chi connectivity index (χ1n) is 7.15. The summed E-state index contributed by atoms with van der Waals surface area (Å²) in [6, 6.07) is 5.39. The summed E-state index contributed by atoms with van der Waals surface area (Å²) >= 11 is 6.06. The Morgan fingerprint density at radius 1 is 1.16 bits per heavy atom. The van der Waals surface area contributed by atoms with Gasteiger partial charge in [0.25, 0.3) is 23.3 Å². The van der Waals surface area contributed by atoms with Gasteiger partial charge in [0.1, 0.15) is 5.82 Å². The Hall–Kier alpha value is -3.13. The van der Waals surface area contributed by atoms with E-state index in [-0.39, 0.29) is 39.1 Å². The molecule has 3 amide bonds. The van der Waals surface area contributed by atoms with Crippen LogP contribution >= 0.6 is 11.6 Å². The van der Waals surface area contributed by atoms with Crippen molar-refractivity contribution in [1.82, 2.24) is 14.8 Å². The zero-order valence-electron chi connectivity index (χ0n) is 13.3. The number of nitrogens with two attached hydrogens (primary N) is 1. The Morgan fingerprint density at radius 3 is 2.48 bits per heavy atom. The van der Waals surface area contributed by atoms with Gasteiger partial charge in [-0.2, -0.15) is 0 Å². The molecule has 1 aromatic heterocycles. The molecule has 25 heavy (non-hydrogen) atoms. The molecular weight excluding hydrogens is 348 g/mol. The summed E-state index contributed by atoms with van der Waals surface area (Å²) < 4.78 is 1.06. The largest absolute Gasteiger partial charge is 0.384 e. The van der Waals surface area contributed by atoms with E-state index in [9.17, 15) is 19.2 Å². The predicted octanol–water partition coefficient (Wildman–Crippen LogP) is 0.659. The lowest BCUT2D eigenvalue weighted by Gasteiger charge is -2.15. The minimum absolute atomic E-state index is 0.0673. The maximum Gasteiger partial charge on any atom is 0.262 e. The molecule has 0 aliphatic carbocycles. The van der Waals surface area contributed by atoms with Crippen LogP contribution in [0, 0.1) is 0 Å². The summed E-state index contributed by atoms with van der Waals surface area (Å²) in [7, 11) is 3.13. The van der Waals surface area contributed by atoms with Gasteiger partial charge in [-0.05, 0) is 18.2 Å². The third-order valence-corrected chi connectivity index (χ3v) is 4.13. The van der Waals surface area contributed by atoms with E-state index in [2.05, 4.69) is 5.32 Å². The molecule has 8 nitrogen and oxygen atoms in total. The molecule has 0 fully saturated rings. The number of hydrogen-bond donors (Lipinski definition) is 2. The molecule has 0 saturated carbocycles. The van der Waals surface area contributed by atoms with Gasteiger partial charge in [-0.25, -0.2) is 0 Å². The Kier molecular flexibility index (Phi) is 3.84. The van der Waals surface area contributed by atoms with Gasteiger partial charge in [0, 0.05) is 20.2 Å². The Labute approximate surface area is 146 Å². The fraction of sp³-hybridized carbons (Fsp3) is 0.125. The highest BCUT2D eigenvalue weighted by Crippen LogP contribution is 2.25. The Morgan fingerprint density at radius 2 is 1.84 bits per heavy atom. The SMILES string of the molecule is CN(C)C(=O)c1cc(-n2c(N)c3c(cc2=O)C(=O)NC3=O)ccc1Cl. The molecule has 9 heteroatoms. The van der Waals surface area contributed by atoms with E-state index in [1.807, 2.05) is 0 Å². The van der Waals surface area contributed by atoms with E-state index < -0.39 is 17.4 Å². The van der Waals surface area contributed by atoms with Crippen molar-refractivity contribution >= 4 is 35.1 Å². The molecule has 0 saturated heterocycles. The number of nitrogens with one attached hydrogen (secondary N) is 1. The van der Waals surface area contributed by atoms with Crippen LogP contribution in [0.1, 0.15) is 31.1 Å². The topological polar surface area (TPSA) is 114 Å². The van der Waals surface area contributed by atoms with Crippen LogP contribution in [0.25, 0.3) is 5.69 Å². The molecule has 3 rings (SSSR count). The maximum atomic E-state index is 12.4. The minimum Gasteiger partial charge on any atom is -0.384 e. The van der Waals surface area contributed by atoms with Crippen molar-refractivity contribution in [2.75, 3.05) is 19.8 Å². The number of amides is 3. The predicted molar refractivity (Wildman–Crippen MR) is 91.3 cm³/mol. The van der Waals surface area contributed by atoms with E-state index in [0.29, 0.717) is 0 Å². The van der Waals surface area contributed by atoms with Gasteiger partial charge < -0.3 is 10.6 Å². The van der Waals surface area contributed by atoms with Crippen molar-refractivity contribution in [1.29, 1.82) is 0 Å². The van der Waals surface area contributed by atoms with Crippen LogP contribution in [0.5, 0.6) is 0 Å². The van der Waals surface area contributed by atoms with E-state index in [0.717, 1.165) is 10.6 Å². The first kappa shape index (κ1) is 16.7. The summed E-state index contributed by atoms with van der Waals surface area (Å²) in [6.07, 6.45) is 0. The van der Waals surface area contributed by atoms with Gasteiger partial charge in [0.2, 0.25) is 0 Å². The van der Waals surface area contributed by atoms with Crippen LogP contribution in [-0.2, 0) is 0 Å². The average molecular weight is 361 g/mol. The highest BCUT2D eigenvalue weighted by molar-refractivity contribution is 6.34. The summed E-state index contributed by atoms with van der Waals surface area (Å²) in [4.78, 5) is 49.6. The van der Waals surface area contributed by atoms with Gasteiger partial charge in [-0.15, -0.1) is 0 Å². The van der Waals surface area contributed by atoms with E-state index >= 15 is 0 Å². The molecule has 0 radical (unpaired) electrons. The minimum atomic E-state index is -0.676. The number of fused-ring (bicyclic) bond motifs is 1. The molecule has 128 valence electrons. The number of pyridine rings is 1. The zero-order chi connectivity index (χ0) is 18.5. The smallest absolute Gasteiger partial charge is 0.262 e. The fourth-order valence-electron chi connectivity index (χ4n) is 2.60. The monoisotopic (exact) mass is 360 g/mol. The van der Waals surface area contributed by atoms with Crippen molar-refractivity contribution in [2.45, 2.75) is 0 Å². The number of aromatic nitrogens is 1. The second-order valence-corrected chi connectivity index (χ2v) is 6.05. The molecule has 0 unspecified atom stereocenters. The standard InChI is InChI=1S/C16H13ClN4O4/c1-20(2)16(25)8-5-7(3-4-10(8)17)21-11(22)6-9-12(13(21)18)15(24)19-14(9)23/h3-6H,18H2,1-2H3,(H,19,23,24).